The first-order valence-electron chi connectivity index (χ1n) is 20.2. The number of hydrogen-bond donors (Lipinski definition) is 2. The molecule has 7 rings (SSSR count). The van der Waals surface area contributed by atoms with E-state index in [0.29, 0.717) is 45.8 Å². The molecule has 3 saturated heterocycles. The Morgan fingerprint density at radius 3 is 2.48 bits per heavy atom. The quantitative estimate of drug-likeness (QED) is 0.151. The summed E-state index contributed by atoms with van der Waals surface area (Å²) in [5, 5.41) is 21.0. The summed E-state index contributed by atoms with van der Waals surface area (Å²) < 4.78 is 8.08. The number of para-hydroxylation sites is 1. The Morgan fingerprint density at radius 1 is 1.09 bits per heavy atom. The summed E-state index contributed by atoms with van der Waals surface area (Å²) >= 11 is 12.2. The lowest BCUT2D eigenvalue weighted by molar-refractivity contribution is -0.134. The van der Waals surface area contributed by atoms with Gasteiger partial charge in [-0.2, -0.15) is 10.4 Å². The number of benzene rings is 2. The van der Waals surface area contributed by atoms with E-state index in [4.69, 9.17) is 28.6 Å². The van der Waals surface area contributed by atoms with Gasteiger partial charge in [-0.1, -0.05) is 23.7 Å². The number of piperazine rings is 1. The monoisotopic (exact) mass is 829 g/mol. The van der Waals surface area contributed by atoms with E-state index in [2.05, 4.69) is 50.3 Å². The van der Waals surface area contributed by atoms with Gasteiger partial charge in [0.15, 0.2) is 5.11 Å². The molecule has 4 aliphatic rings. The van der Waals surface area contributed by atoms with Crippen LogP contribution in [0.5, 0.6) is 0 Å². The van der Waals surface area contributed by atoms with E-state index in [1.54, 1.807) is 34.8 Å². The number of halogens is 1. The molecular weight excluding hydrogens is 778 g/mol. The van der Waals surface area contributed by atoms with Crippen LogP contribution in [0.3, 0.4) is 0 Å². The molecule has 1 unspecified atom stereocenters. The normalized spacial score (nSPS) is 25.6. The largest absolute Gasteiger partial charge is 0.378 e. The van der Waals surface area contributed by atoms with Crippen molar-refractivity contribution in [3.63, 3.8) is 0 Å². The highest BCUT2D eigenvalue weighted by Gasteiger charge is 2.52. The lowest BCUT2D eigenvalue weighted by Crippen LogP contribution is -2.58. The van der Waals surface area contributed by atoms with E-state index < -0.39 is 11.5 Å². The highest BCUT2D eigenvalue weighted by molar-refractivity contribution is 7.80. The molecule has 14 nitrogen and oxygen atoms in total. The molecule has 3 atom stereocenters. The number of anilines is 2. The van der Waals surface area contributed by atoms with Crippen LogP contribution in [0.15, 0.2) is 36.4 Å². The second-order valence-corrected chi connectivity index (χ2v) is 17.4. The smallest absolute Gasteiger partial charge is 0.258 e. The highest BCUT2D eigenvalue weighted by Crippen LogP contribution is 2.39. The van der Waals surface area contributed by atoms with Crippen LogP contribution in [0.25, 0.3) is 10.9 Å². The van der Waals surface area contributed by atoms with Crippen molar-refractivity contribution in [3.05, 3.63) is 52.7 Å². The molecular formula is C42H52ClN9O5S. The molecule has 16 heteroatoms. The van der Waals surface area contributed by atoms with Crippen LogP contribution in [0, 0.1) is 11.3 Å². The van der Waals surface area contributed by atoms with Crippen LogP contribution in [0.2, 0.25) is 5.02 Å². The molecule has 1 aromatic heterocycles. The van der Waals surface area contributed by atoms with Crippen molar-refractivity contribution in [2.75, 3.05) is 43.0 Å². The number of ether oxygens (including phenoxy) is 1. The fraction of sp³-hybridized carbons (Fsp3) is 0.548. The second-order valence-electron chi connectivity index (χ2n) is 16.7. The molecule has 308 valence electrons. The van der Waals surface area contributed by atoms with E-state index >= 15 is 0 Å². The second kappa shape index (κ2) is 17.0. The van der Waals surface area contributed by atoms with E-state index in [1.165, 1.54) is 0 Å². The maximum absolute atomic E-state index is 13.6. The first kappa shape index (κ1) is 41.7. The van der Waals surface area contributed by atoms with E-state index in [1.807, 2.05) is 32.0 Å². The van der Waals surface area contributed by atoms with Crippen molar-refractivity contribution >= 4 is 74.8 Å². The Labute approximate surface area is 349 Å². The molecule has 2 aromatic carbocycles. The van der Waals surface area contributed by atoms with Gasteiger partial charge in [-0.15, -0.1) is 0 Å². The Kier molecular flexibility index (Phi) is 12.2. The molecule has 3 aromatic rings. The number of hydrogen-bond acceptors (Lipinski definition) is 10. The lowest BCUT2D eigenvalue weighted by Gasteiger charge is -2.44. The minimum atomic E-state index is -0.808. The topological polar surface area (TPSA) is 156 Å². The number of amides is 4. The fourth-order valence-corrected chi connectivity index (χ4v) is 10.2. The molecule has 1 saturated carbocycles. The van der Waals surface area contributed by atoms with Crippen LogP contribution in [-0.2, 0) is 31.0 Å². The molecule has 4 heterocycles. The number of nitrogens with zero attached hydrogens (tertiary/aromatic N) is 7. The number of rotatable bonds is 11. The van der Waals surface area contributed by atoms with Crippen LogP contribution >= 0.6 is 23.8 Å². The maximum atomic E-state index is 13.6. The Hall–Kier alpha value is -4.46. The fourth-order valence-electron chi connectivity index (χ4n) is 9.39. The predicted molar refractivity (Wildman–Crippen MR) is 225 cm³/mol. The molecule has 3 aliphatic heterocycles. The number of nitriles is 1. The van der Waals surface area contributed by atoms with Crippen LogP contribution in [0.4, 0.5) is 11.4 Å². The van der Waals surface area contributed by atoms with Gasteiger partial charge in [-0.05, 0) is 103 Å². The lowest BCUT2D eigenvalue weighted by atomic mass is 9.89. The van der Waals surface area contributed by atoms with Crippen molar-refractivity contribution in [2.45, 2.75) is 108 Å². The third kappa shape index (κ3) is 8.22. The summed E-state index contributed by atoms with van der Waals surface area (Å²) in [5.41, 5.74) is 2.11. The van der Waals surface area contributed by atoms with Gasteiger partial charge < -0.3 is 19.9 Å². The molecule has 0 radical (unpaired) electrons. The molecule has 1 aliphatic carbocycles. The molecule has 58 heavy (non-hydrogen) atoms. The number of carbonyl (C=O) groups is 4. The number of piperidine rings is 1. The van der Waals surface area contributed by atoms with E-state index in [0.717, 1.165) is 62.6 Å². The van der Waals surface area contributed by atoms with Gasteiger partial charge in [0.1, 0.15) is 11.6 Å². The van der Waals surface area contributed by atoms with Crippen molar-refractivity contribution < 1.29 is 23.9 Å². The summed E-state index contributed by atoms with van der Waals surface area (Å²) in [6.07, 6.45) is 5.27. The van der Waals surface area contributed by atoms with Crippen LogP contribution in [0.1, 0.15) is 89.8 Å². The number of nitrogens with one attached hydrogen (secondary N) is 2. The summed E-state index contributed by atoms with van der Waals surface area (Å²) in [4.78, 5) is 59.8. The number of fused-ring (bicyclic) bond motifs is 1. The zero-order chi connectivity index (χ0) is 41.5. The zero-order valence-electron chi connectivity index (χ0n) is 33.8. The highest BCUT2D eigenvalue weighted by atomic mass is 35.5. The SMILES string of the molecule is C[C@@H]1CN(CCCO[C@H]2CC[C@H](N3C(=S)N(c4ccc(C#N)c(Cl)c4)C(=O)C3(C)C)CC2)C[C@H](C)N1CC(=O)Nc1cccc2c(C3CCC(=O)NC3=O)nn(C)c12. The van der Waals surface area contributed by atoms with Gasteiger partial charge in [0, 0.05) is 63.2 Å². The number of aromatic nitrogens is 2. The molecule has 0 spiro atoms. The van der Waals surface area contributed by atoms with Gasteiger partial charge in [0.05, 0.1) is 51.7 Å². The maximum Gasteiger partial charge on any atom is 0.258 e. The van der Waals surface area contributed by atoms with E-state index in [-0.39, 0.29) is 60.8 Å². The summed E-state index contributed by atoms with van der Waals surface area (Å²) in [6, 6.07) is 13.1. The van der Waals surface area contributed by atoms with Gasteiger partial charge in [-0.3, -0.25) is 39.0 Å². The summed E-state index contributed by atoms with van der Waals surface area (Å²) in [5.74, 6) is -1.34. The number of thiocarbonyl (C=S) groups is 1. The number of imide groups is 1. The number of aryl methyl sites for hydroxylation is 1. The van der Waals surface area contributed by atoms with Gasteiger partial charge >= 0.3 is 0 Å². The standard InChI is InChI=1S/C42H52ClN9O5S/c1-25-22-49(23-26(2)50(25)24-36(54)45-34-9-6-8-31-37(47-48(5)38(31)34)32-16-17-35(53)46-39(32)55)18-7-19-57-30-14-12-28(13-15-30)52-41(58)51(40(56)42(52,3)4)29-11-10-27(21-44)33(43)20-29/h6,8-11,20,25-26,28,30,32H,7,12-19,22-24H2,1-5H3,(H,45,54)(H,46,53,55)/t25-,26+,28-,30-,32?. The van der Waals surface area contributed by atoms with E-state index in [9.17, 15) is 24.4 Å². The average molecular weight is 830 g/mol. The van der Waals surface area contributed by atoms with Crippen molar-refractivity contribution in [1.82, 2.24) is 29.8 Å². The average Bonchev–Trinajstić information content (AvgIpc) is 3.60. The third-order valence-corrected chi connectivity index (χ3v) is 13.0. The minimum Gasteiger partial charge on any atom is -0.378 e. The Bertz CT molecular complexity index is 2150. The van der Waals surface area contributed by atoms with Crippen molar-refractivity contribution in [2.24, 2.45) is 7.05 Å². The Morgan fingerprint density at radius 2 is 1.81 bits per heavy atom. The first-order chi connectivity index (χ1) is 27.7. The Balaban J connectivity index is 0.853. The molecule has 4 fully saturated rings. The summed E-state index contributed by atoms with van der Waals surface area (Å²) in [6.45, 7) is 11.7. The number of carbonyl (C=O) groups excluding carboxylic acids is 4. The van der Waals surface area contributed by atoms with Crippen molar-refractivity contribution in [1.29, 1.82) is 5.26 Å². The third-order valence-electron chi connectivity index (χ3n) is 12.3. The molecule has 2 N–H and O–H groups in total. The molecule has 0 bridgehead atoms. The van der Waals surface area contributed by atoms with Crippen LogP contribution < -0.4 is 15.5 Å². The van der Waals surface area contributed by atoms with Gasteiger partial charge in [0.2, 0.25) is 17.7 Å². The van der Waals surface area contributed by atoms with Gasteiger partial charge in [0.25, 0.3) is 5.91 Å². The predicted octanol–water partition coefficient (Wildman–Crippen LogP) is 5.08. The molecule has 4 amide bonds. The minimum absolute atomic E-state index is 0.105. The zero-order valence-corrected chi connectivity index (χ0v) is 35.4. The van der Waals surface area contributed by atoms with Gasteiger partial charge in [-0.25, -0.2) is 0 Å². The van der Waals surface area contributed by atoms with Crippen LogP contribution in [-0.4, -0.2) is 116 Å². The summed E-state index contributed by atoms with van der Waals surface area (Å²) in [7, 11) is 1.80. The van der Waals surface area contributed by atoms with Crippen molar-refractivity contribution in [3.8, 4) is 6.07 Å². The first-order valence-corrected chi connectivity index (χ1v) is 21.0.